The van der Waals surface area contributed by atoms with Crippen molar-refractivity contribution in [3.8, 4) is 11.6 Å². The summed E-state index contributed by atoms with van der Waals surface area (Å²) in [7, 11) is 0. The number of fused-ring (bicyclic) bond motifs is 1. The second kappa shape index (κ2) is 7.02. The fourth-order valence-electron chi connectivity index (χ4n) is 2.96. The molecule has 0 aliphatic carbocycles. The molecule has 0 saturated carbocycles. The predicted molar refractivity (Wildman–Crippen MR) is 94.8 cm³/mol. The van der Waals surface area contributed by atoms with Gasteiger partial charge in [0.1, 0.15) is 0 Å². The van der Waals surface area contributed by atoms with Crippen molar-refractivity contribution >= 4 is 23.3 Å². The summed E-state index contributed by atoms with van der Waals surface area (Å²) in [4.78, 5) is 0. The topological polar surface area (TPSA) is 39.1 Å². The van der Waals surface area contributed by atoms with E-state index in [-0.39, 0.29) is 12.4 Å². The number of hydrogen-bond acceptors (Lipinski definition) is 3. The third-order valence-electron chi connectivity index (χ3n) is 4.17. The average Bonchev–Trinajstić information content (AvgIpc) is 3.22. The Bertz CT molecular complexity index is 766. The quantitative estimate of drug-likeness (QED) is 0.797. The van der Waals surface area contributed by atoms with Gasteiger partial charge in [-0.15, -0.1) is 17.5 Å². The van der Waals surface area contributed by atoms with Crippen molar-refractivity contribution in [3.05, 3.63) is 54.6 Å². The smallest absolute Gasteiger partial charge is 0.241 e. The van der Waals surface area contributed by atoms with Crippen LogP contribution in [-0.4, -0.2) is 29.5 Å². The molecule has 0 radical (unpaired) electrons. The fraction of sp³-hybridized carbons (Fsp3) is 0.278. The van der Waals surface area contributed by atoms with Gasteiger partial charge >= 0.3 is 0 Å². The summed E-state index contributed by atoms with van der Waals surface area (Å²) in [5.74, 6) is 1.31. The largest absolute Gasteiger partial charge is 0.476 e. The van der Waals surface area contributed by atoms with Gasteiger partial charge in [0, 0.05) is 12.5 Å². The van der Waals surface area contributed by atoms with Gasteiger partial charge in [-0.25, -0.2) is 4.68 Å². The molecule has 2 heterocycles. The van der Waals surface area contributed by atoms with Crippen molar-refractivity contribution in [1.82, 2.24) is 15.1 Å². The van der Waals surface area contributed by atoms with E-state index in [0.29, 0.717) is 5.92 Å². The van der Waals surface area contributed by atoms with Crippen LogP contribution in [0.15, 0.2) is 54.6 Å². The number of hydrogen-bond donors (Lipinski definition) is 1. The lowest BCUT2D eigenvalue weighted by atomic mass is 10.1. The van der Waals surface area contributed by atoms with E-state index in [1.54, 1.807) is 0 Å². The summed E-state index contributed by atoms with van der Waals surface area (Å²) in [5.41, 5.74) is 2.13. The van der Waals surface area contributed by atoms with Crippen molar-refractivity contribution < 1.29 is 4.74 Å². The summed E-state index contributed by atoms with van der Waals surface area (Å²) < 4.78 is 7.99. The molecular formula is C18H20ClN3O. The van der Waals surface area contributed by atoms with Crippen LogP contribution >= 0.6 is 12.4 Å². The van der Waals surface area contributed by atoms with E-state index in [2.05, 4.69) is 29.6 Å². The van der Waals surface area contributed by atoms with Crippen LogP contribution in [0.3, 0.4) is 0 Å². The molecule has 0 unspecified atom stereocenters. The first kappa shape index (κ1) is 15.8. The van der Waals surface area contributed by atoms with Crippen LogP contribution in [0.1, 0.15) is 6.42 Å². The number of para-hydroxylation sites is 2. The zero-order valence-electron chi connectivity index (χ0n) is 12.8. The molecule has 0 spiro atoms. The minimum atomic E-state index is 0. The Morgan fingerprint density at radius 3 is 2.65 bits per heavy atom. The molecule has 3 aromatic rings. The molecule has 2 aromatic carbocycles. The van der Waals surface area contributed by atoms with Gasteiger partial charge < -0.3 is 10.1 Å². The monoisotopic (exact) mass is 329 g/mol. The van der Waals surface area contributed by atoms with Gasteiger partial charge in [-0.3, -0.25) is 0 Å². The second-order valence-corrected chi connectivity index (χ2v) is 5.74. The third-order valence-corrected chi connectivity index (χ3v) is 4.17. The van der Waals surface area contributed by atoms with Crippen molar-refractivity contribution in [2.24, 2.45) is 5.92 Å². The molecule has 1 N–H and O–H groups in total. The third kappa shape index (κ3) is 3.19. The first-order valence-electron chi connectivity index (χ1n) is 7.78. The van der Waals surface area contributed by atoms with Gasteiger partial charge in [0.25, 0.3) is 0 Å². The van der Waals surface area contributed by atoms with E-state index in [1.807, 2.05) is 35.0 Å². The molecule has 0 bridgehead atoms. The van der Waals surface area contributed by atoms with Gasteiger partial charge in [-0.05, 0) is 37.2 Å². The lowest BCUT2D eigenvalue weighted by molar-refractivity contribution is 0.252. The Hall–Kier alpha value is -2.04. The van der Waals surface area contributed by atoms with Gasteiger partial charge in [-0.2, -0.15) is 0 Å². The highest BCUT2D eigenvalue weighted by molar-refractivity contribution is 5.86. The Kier molecular flexibility index (Phi) is 4.84. The number of aromatic nitrogens is 2. The number of nitrogens with one attached hydrogen (secondary N) is 1. The number of benzene rings is 2. The lowest BCUT2D eigenvalue weighted by Gasteiger charge is -2.08. The molecule has 1 aliphatic rings. The SMILES string of the molecule is Cl.c1ccc(-n2nc(OC[C@@H]3CCNC3)c3ccccc32)cc1. The summed E-state index contributed by atoms with van der Waals surface area (Å²) in [5, 5.41) is 9.13. The van der Waals surface area contributed by atoms with Crippen LogP contribution < -0.4 is 10.1 Å². The maximum absolute atomic E-state index is 6.03. The standard InChI is InChI=1S/C18H19N3O.ClH/c1-2-6-15(7-3-1)21-17-9-5-4-8-16(17)18(20-21)22-13-14-10-11-19-12-14;/h1-9,14,19H,10-13H2;1H/t14-;/m1./s1. The molecule has 120 valence electrons. The normalized spacial score (nSPS) is 17.1. The van der Waals surface area contributed by atoms with Crippen LogP contribution in [0.25, 0.3) is 16.6 Å². The number of nitrogens with zero attached hydrogens (tertiary/aromatic N) is 2. The zero-order chi connectivity index (χ0) is 14.8. The molecule has 0 amide bonds. The maximum Gasteiger partial charge on any atom is 0.241 e. The Balaban J connectivity index is 0.00000156. The van der Waals surface area contributed by atoms with Gasteiger partial charge in [0.2, 0.25) is 5.88 Å². The fourth-order valence-corrected chi connectivity index (χ4v) is 2.96. The summed E-state index contributed by atoms with van der Waals surface area (Å²) in [6.07, 6.45) is 1.18. The molecule has 4 nitrogen and oxygen atoms in total. The second-order valence-electron chi connectivity index (χ2n) is 5.74. The highest BCUT2D eigenvalue weighted by Crippen LogP contribution is 2.27. The van der Waals surface area contributed by atoms with E-state index >= 15 is 0 Å². The van der Waals surface area contributed by atoms with Crippen LogP contribution in [-0.2, 0) is 0 Å². The molecule has 1 saturated heterocycles. The first-order valence-corrected chi connectivity index (χ1v) is 7.78. The number of ether oxygens (including phenoxy) is 1. The molecule has 4 rings (SSSR count). The zero-order valence-corrected chi connectivity index (χ0v) is 13.6. The van der Waals surface area contributed by atoms with E-state index in [9.17, 15) is 0 Å². The minimum Gasteiger partial charge on any atom is -0.476 e. The Labute approximate surface area is 141 Å². The molecule has 5 heteroatoms. The average molecular weight is 330 g/mol. The number of halogens is 1. The molecule has 1 fully saturated rings. The lowest BCUT2D eigenvalue weighted by Crippen LogP contribution is -2.15. The van der Waals surface area contributed by atoms with Crippen molar-refractivity contribution in [2.75, 3.05) is 19.7 Å². The molecular weight excluding hydrogens is 310 g/mol. The van der Waals surface area contributed by atoms with Gasteiger partial charge in [0.15, 0.2) is 0 Å². The highest BCUT2D eigenvalue weighted by atomic mass is 35.5. The summed E-state index contributed by atoms with van der Waals surface area (Å²) >= 11 is 0. The Morgan fingerprint density at radius 2 is 1.87 bits per heavy atom. The van der Waals surface area contributed by atoms with Gasteiger partial charge in [0.05, 0.1) is 23.2 Å². The van der Waals surface area contributed by atoms with Crippen molar-refractivity contribution in [2.45, 2.75) is 6.42 Å². The molecule has 23 heavy (non-hydrogen) atoms. The van der Waals surface area contributed by atoms with E-state index in [0.717, 1.165) is 42.2 Å². The first-order chi connectivity index (χ1) is 10.9. The van der Waals surface area contributed by atoms with Crippen molar-refractivity contribution in [3.63, 3.8) is 0 Å². The molecule has 1 aliphatic heterocycles. The van der Waals surface area contributed by atoms with E-state index in [4.69, 9.17) is 9.84 Å². The van der Waals surface area contributed by atoms with Crippen LogP contribution in [0.2, 0.25) is 0 Å². The Morgan fingerprint density at radius 1 is 1.09 bits per heavy atom. The van der Waals surface area contributed by atoms with Crippen molar-refractivity contribution in [1.29, 1.82) is 0 Å². The summed E-state index contributed by atoms with van der Waals surface area (Å²) in [6.45, 7) is 2.85. The molecule has 1 atom stereocenters. The summed E-state index contributed by atoms with van der Waals surface area (Å²) in [6, 6.07) is 18.4. The van der Waals surface area contributed by atoms with Crippen LogP contribution in [0.4, 0.5) is 0 Å². The highest BCUT2D eigenvalue weighted by Gasteiger charge is 2.18. The minimum absolute atomic E-state index is 0. The number of rotatable bonds is 4. The maximum atomic E-state index is 6.03. The molecule has 1 aromatic heterocycles. The van der Waals surface area contributed by atoms with E-state index in [1.165, 1.54) is 6.42 Å². The predicted octanol–water partition coefficient (Wildman–Crippen LogP) is 3.44. The van der Waals surface area contributed by atoms with Crippen LogP contribution in [0, 0.1) is 5.92 Å². The van der Waals surface area contributed by atoms with E-state index < -0.39 is 0 Å². The van der Waals surface area contributed by atoms with Crippen LogP contribution in [0.5, 0.6) is 5.88 Å². The van der Waals surface area contributed by atoms with Gasteiger partial charge in [-0.1, -0.05) is 30.3 Å².